The SMILES string of the molecule is C[C@@H]1C[C@H]2O[C@@]3(O[C@@H]2C(C)(C)O)[C@@H]1[C@]1(C)CC[C@]24C[C@]25CC[C@H](O[C@@H]2OC[C@@H](O)[C@H](O)[C@H]2O)C(C)(C)[C@@H]5CC=C4[C@@]1(C)[C@@H]3O. The zero-order valence-corrected chi connectivity index (χ0v) is 27.5. The van der Waals surface area contributed by atoms with Crippen molar-refractivity contribution in [3.05, 3.63) is 11.6 Å². The lowest BCUT2D eigenvalue weighted by atomic mass is 9.44. The highest BCUT2D eigenvalue weighted by molar-refractivity contribution is 5.48. The van der Waals surface area contributed by atoms with Gasteiger partial charge >= 0.3 is 0 Å². The van der Waals surface area contributed by atoms with Crippen LogP contribution in [-0.2, 0) is 18.9 Å². The number of aliphatic hydroxyl groups is 5. The lowest BCUT2D eigenvalue weighted by Crippen LogP contribution is -2.58. The van der Waals surface area contributed by atoms with Gasteiger partial charge in [0, 0.05) is 11.3 Å². The first-order valence-electron chi connectivity index (χ1n) is 17.2. The van der Waals surface area contributed by atoms with Crippen molar-refractivity contribution in [2.75, 3.05) is 6.61 Å². The first-order chi connectivity index (χ1) is 20.4. The highest BCUT2D eigenvalue weighted by atomic mass is 16.8. The van der Waals surface area contributed by atoms with E-state index in [1.165, 1.54) is 5.57 Å². The predicted octanol–water partition coefficient (Wildman–Crippen LogP) is 3.04. The largest absolute Gasteiger partial charge is 0.388 e. The van der Waals surface area contributed by atoms with Crippen LogP contribution in [0.1, 0.15) is 93.4 Å². The summed E-state index contributed by atoms with van der Waals surface area (Å²) in [6, 6.07) is 0. The summed E-state index contributed by atoms with van der Waals surface area (Å²) in [7, 11) is 0. The number of fused-ring (bicyclic) bond motifs is 4. The third-order valence-corrected chi connectivity index (χ3v) is 15.2. The Bertz CT molecular complexity index is 1260. The molecule has 8 rings (SSSR count). The molecule has 0 aromatic heterocycles. The molecule has 3 aliphatic heterocycles. The van der Waals surface area contributed by atoms with Gasteiger partial charge in [0.25, 0.3) is 0 Å². The van der Waals surface area contributed by atoms with E-state index in [1.807, 2.05) is 0 Å². The van der Waals surface area contributed by atoms with Crippen molar-refractivity contribution in [2.24, 2.45) is 44.8 Å². The van der Waals surface area contributed by atoms with Gasteiger partial charge < -0.3 is 44.5 Å². The number of aliphatic hydroxyl groups excluding tert-OH is 4. The summed E-state index contributed by atoms with van der Waals surface area (Å²) in [6.45, 7) is 15.0. The summed E-state index contributed by atoms with van der Waals surface area (Å²) >= 11 is 0. The molecule has 9 nitrogen and oxygen atoms in total. The fourth-order valence-electron chi connectivity index (χ4n) is 13.1. The van der Waals surface area contributed by atoms with Gasteiger partial charge in [0.1, 0.15) is 30.5 Å². The molecule has 4 saturated carbocycles. The van der Waals surface area contributed by atoms with Crippen LogP contribution in [-0.4, -0.2) is 92.5 Å². The fourth-order valence-corrected chi connectivity index (χ4v) is 13.1. The van der Waals surface area contributed by atoms with E-state index in [0.29, 0.717) is 11.8 Å². The summed E-state index contributed by atoms with van der Waals surface area (Å²) in [5.41, 5.74) is -0.456. The van der Waals surface area contributed by atoms with E-state index in [1.54, 1.807) is 13.8 Å². The van der Waals surface area contributed by atoms with Crippen LogP contribution in [0.2, 0.25) is 0 Å². The van der Waals surface area contributed by atoms with Crippen molar-refractivity contribution in [3.63, 3.8) is 0 Å². The smallest absolute Gasteiger partial charge is 0.199 e. The first-order valence-corrected chi connectivity index (χ1v) is 17.2. The van der Waals surface area contributed by atoms with Crippen molar-refractivity contribution in [3.8, 4) is 0 Å². The zero-order valence-electron chi connectivity index (χ0n) is 27.5. The summed E-state index contributed by atoms with van der Waals surface area (Å²) in [5, 5.41) is 54.4. The van der Waals surface area contributed by atoms with Gasteiger partial charge in [0.05, 0.1) is 24.4 Å². The topological polar surface area (TPSA) is 138 Å². The van der Waals surface area contributed by atoms with Crippen molar-refractivity contribution < 1.29 is 44.5 Å². The Hall–Kier alpha value is -0.620. The van der Waals surface area contributed by atoms with Crippen LogP contribution in [0.15, 0.2) is 11.6 Å². The summed E-state index contributed by atoms with van der Waals surface area (Å²) < 4.78 is 25.7. The maximum absolute atomic E-state index is 12.6. The Labute approximate surface area is 261 Å². The molecule has 2 bridgehead atoms. The molecule has 7 fully saturated rings. The molecule has 0 radical (unpaired) electrons. The van der Waals surface area contributed by atoms with Crippen LogP contribution in [0.25, 0.3) is 0 Å². The van der Waals surface area contributed by atoms with Crippen LogP contribution in [0.4, 0.5) is 0 Å². The van der Waals surface area contributed by atoms with Gasteiger partial charge in [0.15, 0.2) is 12.1 Å². The number of rotatable bonds is 3. The molecule has 3 saturated heterocycles. The molecular formula is C35H54O9. The maximum Gasteiger partial charge on any atom is 0.199 e. The fraction of sp³-hybridized carbons (Fsp3) is 0.943. The minimum Gasteiger partial charge on any atom is -0.388 e. The van der Waals surface area contributed by atoms with Gasteiger partial charge in [-0.15, -0.1) is 0 Å². The molecule has 248 valence electrons. The number of allylic oxidation sites excluding steroid dienone is 1. The molecule has 44 heavy (non-hydrogen) atoms. The van der Waals surface area contributed by atoms with Crippen LogP contribution in [0.3, 0.4) is 0 Å². The van der Waals surface area contributed by atoms with E-state index in [-0.39, 0.29) is 46.4 Å². The first kappa shape index (κ1) is 30.7. The lowest BCUT2D eigenvalue weighted by Gasteiger charge is -2.60. The quantitative estimate of drug-likeness (QED) is 0.302. The van der Waals surface area contributed by atoms with Gasteiger partial charge in [0.2, 0.25) is 0 Å². The standard InChI is InChI=1S/C35H54O9/c1-17-14-19-26(30(4,5)40)44-35(43-19)25(17)31(6)12-13-34-16-33(34)11-10-22(42-27-24(38)23(37)18(36)15-41-27)29(2,3)20(33)8-9-21(34)32(31,7)28(35)39/h9,17-20,22-28,36-40H,8,10-16H2,1-7H3/t17-,18-,19-,20+,22+,23+,24-,25+,26+,27+,28+,31+,32+,33+,34-,35-/m1/s1. The van der Waals surface area contributed by atoms with Gasteiger partial charge in [-0.05, 0) is 92.3 Å². The van der Waals surface area contributed by atoms with Crippen molar-refractivity contribution in [1.82, 2.24) is 0 Å². The second kappa shape index (κ2) is 8.88. The minimum absolute atomic E-state index is 0.0234. The molecule has 5 aliphatic carbocycles. The summed E-state index contributed by atoms with van der Waals surface area (Å²) in [6.07, 6.45) is 2.81. The predicted molar refractivity (Wildman–Crippen MR) is 159 cm³/mol. The second-order valence-corrected chi connectivity index (χ2v) is 17.8. The van der Waals surface area contributed by atoms with Crippen molar-refractivity contribution in [2.45, 2.75) is 154 Å². The summed E-state index contributed by atoms with van der Waals surface area (Å²) in [4.78, 5) is 0. The molecule has 0 unspecified atom stereocenters. The van der Waals surface area contributed by atoms with Crippen LogP contribution in [0, 0.1) is 44.8 Å². The highest BCUT2D eigenvalue weighted by Gasteiger charge is 2.86. The van der Waals surface area contributed by atoms with Crippen LogP contribution >= 0.6 is 0 Å². The molecule has 3 spiro atoms. The molecule has 3 heterocycles. The van der Waals surface area contributed by atoms with Gasteiger partial charge in [-0.1, -0.05) is 46.3 Å². The molecule has 16 atom stereocenters. The highest BCUT2D eigenvalue weighted by Crippen LogP contribution is 2.89. The zero-order chi connectivity index (χ0) is 31.6. The molecular weight excluding hydrogens is 564 g/mol. The molecule has 8 aliphatic rings. The van der Waals surface area contributed by atoms with Crippen LogP contribution in [0.5, 0.6) is 0 Å². The monoisotopic (exact) mass is 618 g/mol. The third-order valence-electron chi connectivity index (χ3n) is 15.2. The Morgan fingerprint density at radius 2 is 1.70 bits per heavy atom. The molecule has 9 heteroatoms. The Balaban J connectivity index is 1.13. The average molecular weight is 619 g/mol. The van der Waals surface area contributed by atoms with E-state index >= 15 is 0 Å². The Morgan fingerprint density at radius 1 is 0.977 bits per heavy atom. The van der Waals surface area contributed by atoms with E-state index in [4.69, 9.17) is 18.9 Å². The average Bonchev–Trinajstić information content (AvgIpc) is 3.45. The van der Waals surface area contributed by atoms with Gasteiger partial charge in [-0.25, -0.2) is 0 Å². The van der Waals surface area contributed by atoms with Gasteiger partial charge in [-0.2, -0.15) is 0 Å². The molecule has 0 amide bonds. The Kier molecular flexibility index (Phi) is 6.20. The summed E-state index contributed by atoms with van der Waals surface area (Å²) in [5.74, 6) is -0.431. The van der Waals surface area contributed by atoms with Gasteiger partial charge in [-0.3, -0.25) is 0 Å². The number of hydrogen-bond acceptors (Lipinski definition) is 9. The lowest BCUT2D eigenvalue weighted by molar-refractivity contribution is -0.300. The van der Waals surface area contributed by atoms with E-state index in [0.717, 1.165) is 44.9 Å². The van der Waals surface area contributed by atoms with E-state index in [9.17, 15) is 25.5 Å². The molecule has 0 aromatic rings. The van der Waals surface area contributed by atoms with E-state index < -0.39 is 53.6 Å². The van der Waals surface area contributed by atoms with Crippen molar-refractivity contribution in [1.29, 1.82) is 0 Å². The number of hydrogen-bond donors (Lipinski definition) is 5. The van der Waals surface area contributed by atoms with Crippen molar-refractivity contribution >= 4 is 0 Å². The third kappa shape index (κ3) is 3.33. The molecule has 5 N–H and O–H groups in total. The minimum atomic E-state index is -1.30. The van der Waals surface area contributed by atoms with Crippen LogP contribution < -0.4 is 0 Å². The second-order valence-electron chi connectivity index (χ2n) is 17.8. The normalized spacial score (nSPS) is 60.4. The maximum atomic E-state index is 12.6. The Morgan fingerprint density at radius 3 is 2.41 bits per heavy atom. The molecule has 0 aromatic carbocycles. The van der Waals surface area contributed by atoms with E-state index in [2.05, 4.69) is 40.7 Å². The number of ether oxygens (including phenoxy) is 4.